The van der Waals surface area contributed by atoms with Crippen LogP contribution in [0.1, 0.15) is 33.3 Å². The molecule has 1 aliphatic heterocycles. The molecule has 1 N–H and O–H groups in total. The molecule has 0 amide bonds. The van der Waals surface area contributed by atoms with Crippen molar-refractivity contribution in [3.8, 4) is 0 Å². The molecule has 1 aromatic rings. The first kappa shape index (κ1) is 10.1. The highest BCUT2D eigenvalue weighted by Gasteiger charge is 2.78. The number of hydrogen-bond donors (Lipinski definition) is 1. The van der Waals surface area contributed by atoms with Crippen LogP contribution in [0.3, 0.4) is 0 Å². The number of rotatable bonds is 0. The van der Waals surface area contributed by atoms with Crippen LogP contribution in [0.25, 0.3) is 0 Å². The number of halogens is 1. The van der Waals surface area contributed by atoms with Crippen LogP contribution in [0.15, 0.2) is 18.2 Å². The van der Waals surface area contributed by atoms with Gasteiger partial charge in [-0.25, -0.2) is 4.39 Å². The number of benzene rings is 1. The Hall–Kier alpha value is -1.05. The molecule has 1 nitrogen and oxygen atoms in total. The van der Waals surface area contributed by atoms with E-state index in [1.807, 2.05) is 6.07 Å². The minimum absolute atomic E-state index is 0.109. The Bertz CT molecular complexity index is 460. The molecule has 1 aromatic carbocycles. The molecule has 86 valence electrons. The van der Waals surface area contributed by atoms with Crippen LogP contribution in [-0.2, 0) is 5.41 Å². The second-order valence-electron chi connectivity index (χ2n) is 6.20. The van der Waals surface area contributed by atoms with Crippen LogP contribution in [0.4, 0.5) is 10.1 Å². The molecule has 0 unspecified atom stereocenters. The number of fused-ring (bicyclic) bond motifs is 2. The van der Waals surface area contributed by atoms with Crippen molar-refractivity contribution in [1.82, 2.24) is 0 Å². The predicted octanol–water partition coefficient (Wildman–Crippen LogP) is 3.56. The first-order valence-electron chi connectivity index (χ1n) is 5.88. The summed E-state index contributed by atoms with van der Waals surface area (Å²) in [6.45, 7) is 10.1. The molecule has 0 radical (unpaired) electrons. The van der Waals surface area contributed by atoms with Crippen LogP contribution in [0, 0.1) is 16.6 Å². The second-order valence-corrected chi connectivity index (χ2v) is 6.20. The molecule has 1 fully saturated rings. The van der Waals surface area contributed by atoms with E-state index in [1.165, 1.54) is 11.6 Å². The van der Waals surface area contributed by atoms with E-state index in [2.05, 4.69) is 33.0 Å². The van der Waals surface area contributed by atoms with Gasteiger partial charge in [0.1, 0.15) is 5.82 Å². The predicted molar refractivity (Wildman–Crippen MR) is 64.1 cm³/mol. The van der Waals surface area contributed by atoms with Gasteiger partial charge in [-0.2, -0.15) is 0 Å². The molecule has 0 aromatic heterocycles. The average molecular weight is 219 g/mol. The van der Waals surface area contributed by atoms with Gasteiger partial charge in [0.15, 0.2) is 0 Å². The topological polar surface area (TPSA) is 12.0 Å². The maximum Gasteiger partial charge on any atom is 0.123 e. The molecular weight excluding hydrogens is 201 g/mol. The molecular formula is C14H18FN. The van der Waals surface area contributed by atoms with E-state index >= 15 is 0 Å². The van der Waals surface area contributed by atoms with Crippen LogP contribution in [0.5, 0.6) is 0 Å². The summed E-state index contributed by atoms with van der Waals surface area (Å²) in [7, 11) is 0. The van der Waals surface area contributed by atoms with Gasteiger partial charge in [0.05, 0.1) is 0 Å². The quantitative estimate of drug-likeness (QED) is 0.703. The van der Waals surface area contributed by atoms with E-state index in [-0.39, 0.29) is 22.1 Å². The lowest BCUT2D eigenvalue weighted by Crippen LogP contribution is -2.19. The third kappa shape index (κ3) is 0.772. The largest absolute Gasteiger partial charge is 0.384 e. The number of hydrogen-bond acceptors (Lipinski definition) is 1. The van der Waals surface area contributed by atoms with Crippen molar-refractivity contribution < 1.29 is 4.39 Å². The van der Waals surface area contributed by atoms with Gasteiger partial charge in [0.25, 0.3) is 0 Å². The second kappa shape index (κ2) is 2.44. The van der Waals surface area contributed by atoms with E-state index in [0.717, 1.165) is 12.2 Å². The molecule has 1 heterocycles. The van der Waals surface area contributed by atoms with E-state index in [4.69, 9.17) is 0 Å². The molecule has 3 rings (SSSR count). The summed E-state index contributed by atoms with van der Waals surface area (Å²) in [6.07, 6.45) is 0. The number of anilines is 1. The van der Waals surface area contributed by atoms with Gasteiger partial charge in [-0.3, -0.25) is 0 Å². The molecule has 1 aliphatic carbocycles. The van der Waals surface area contributed by atoms with Gasteiger partial charge >= 0.3 is 0 Å². The Kier molecular flexibility index (Phi) is 1.55. The Morgan fingerprint density at radius 1 is 1.12 bits per heavy atom. The highest BCUT2D eigenvalue weighted by atomic mass is 19.1. The molecule has 1 saturated carbocycles. The molecule has 16 heavy (non-hydrogen) atoms. The van der Waals surface area contributed by atoms with E-state index in [9.17, 15) is 4.39 Å². The first-order valence-corrected chi connectivity index (χ1v) is 5.88. The summed E-state index contributed by atoms with van der Waals surface area (Å²) in [6, 6.07) is 5.11. The minimum Gasteiger partial charge on any atom is -0.384 e. The van der Waals surface area contributed by atoms with Crippen molar-refractivity contribution in [3.05, 3.63) is 29.6 Å². The molecule has 0 saturated heterocycles. The van der Waals surface area contributed by atoms with Crippen molar-refractivity contribution in [2.24, 2.45) is 10.8 Å². The van der Waals surface area contributed by atoms with E-state index in [1.54, 1.807) is 6.07 Å². The summed E-state index contributed by atoms with van der Waals surface area (Å²) in [5, 5.41) is 3.42. The van der Waals surface area contributed by atoms with Gasteiger partial charge in [-0.05, 0) is 34.6 Å². The maximum atomic E-state index is 13.4. The number of nitrogens with one attached hydrogen (secondary N) is 1. The summed E-state index contributed by atoms with van der Waals surface area (Å²) in [4.78, 5) is 0. The fraction of sp³-hybridized carbons (Fsp3) is 0.571. The summed E-state index contributed by atoms with van der Waals surface area (Å²) < 4.78 is 13.4. The van der Waals surface area contributed by atoms with Crippen LogP contribution >= 0.6 is 0 Å². The Balaban J connectivity index is 2.22. The van der Waals surface area contributed by atoms with Gasteiger partial charge in [-0.15, -0.1) is 0 Å². The van der Waals surface area contributed by atoms with E-state index in [0.29, 0.717) is 0 Å². The molecule has 1 spiro atoms. The Morgan fingerprint density at radius 3 is 2.31 bits per heavy atom. The first-order chi connectivity index (χ1) is 7.34. The van der Waals surface area contributed by atoms with Gasteiger partial charge < -0.3 is 5.32 Å². The third-order valence-corrected chi connectivity index (χ3v) is 5.62. The van der Waals surface area contributed by atoms with Crippen molar-refractivity contribution in [2.45, 2.75) is 33.1 Å². The third-order valence-electron chi connectivity index (χ3n) is 5.62. The molecule has 2 aliphatic rings. The molecule has 0 atom stereocenters. The summed E-state index contributed by atoms with van der Waals surface area (Å²) in [5.74, 6) is -0.125. The van der Waals surface area contributed by atoms with Crippen molar-refractivity contribution >= 4 is 5.69 Å². The molecule has 0 bridgehead atoms. The lowest BCUT2D eigenvalue weighted by molar-refractivity contribution is 0.457. The SMILES string of the molecule is CC1(C)C(C)(C)C12CNc1ccc(F)cc12. The monoisotopic (exact) mass is 219 g/mol. The van der Waals surface area contributed by atoms with Crippen molar-refractivity contribution in [3.63, 3.8) is 0 Å². The highest BCUT2D eigenvalue weighted by Crippen LogP contribution is 2.79. The zero-order valence-corrected chi connectivity index (χ0v) is 10.3. The smallest absolute Gasteiger partial charge is 0.123 e. The van der Waals surface area contributed by atoms with Crippen molar-refractivity contribution in [1.29, 1.82) is 0 Å². The van der Waals surface area contributed by atoms with Gasteiger partial charge in [0.2, 0.25) is 0 Å². The average Bonchev–Trinajstić information content (AvgIpc) is 2.52. The van der Waals surface area contributed by atoms with Gasteiger partial charge in [-0.1, -0.05) is 27.7 Å². The van der Waals surface area contributed by atoms with E-state index < -0.39 is 0 Å². The Morgan fingerprint density at radius 2 is 1.75 bits per heavy atom. The van der Waals surface area contributed by atoms with Crippen LogP contribution < -0.4 is 5.32 Å². The highest BCUT2D eigenvalue weighted by molar-refractivity contribution is 5.66. The van der Waals surface area contributed by atoms with Crippen LogP contribution in [0.2, 0.25) is 0 Å². The Labute approximate surface area is 96.1 Å². The lowest BCUT2D eigenvalue weighted by Gasteiger charge is -2.14. The fourth-order valence-electron chi connectivity index (χ4n) is 3.89. The fourth-order valence-corrected chi connectivity index (χ4v) is 3.89. The zero-order chi connectivity index (χ0) is 11.8. The van der Waals surface area contributed by atoms with Crippen molar-refractivity contribution in [2.75, 3.05) is 11.9 Å². The normalized spacial score (nSPS) is 26.3. The standard InChI is InChI=1S/C14H18FN/c1-12(2)13(3,4)14(12)8-16-11-6-5-9(15)7-10(11)14/h5-7,16H,8H2,1-4H3. The van der Waals surface area contributed by atoms with Crippen LogP contribution in [-0.4, -0.2) is 6.54 Å². The molecule has 2 heteroatoms. The minimum atomic E-state index is -0.125. The summed E-state index contributed by atoms with van der Waals surface area (Å²) >= 11 is 0. The maximum absolute atomic E-state index is 13.4. The van der Waals surface area contributed by atoms with Gasteiger partial charge in [0, 0.05) is 17.6 Å². The summed E-state index contributed by atoms with van der Waals surface area (Å²) in [5.41, 5.74) is 2.85. The zero-order valence-electron chi connectivity index (χ0n) is 10.3. The lowest BCUT2D eigenvalue weighted by atomic mass is 9.88.